The van der Waals surface area contributed by atoms with E-state index in [4.69, 9.17) is 14.2 Å². The Morgan fingerprint density at radius 2 is 1.63 bits per heavy atom. The second-order valence-electron chi connectivity index (χ2n) is 7.40. The summed E-state index contributed by atoms with van der Waals surface area (Å²) >= 11 is 0. The normalized spacial score (nSPS) is 18.7. The summed E-state index contributed by atoms with van der Waals surface area (Å²) in [5.74, 6) is 1.43. The van der Waals surface area contributed by atoms with Crippen LogP contribution in [0, 0.1) is 5.92 Å². The van der Waals surface area contributed by atoms with Crippen molar-refractivity contribution in [1.82, 2.24) is 4.90 Å². The Balaban J connectivity index is 2.14. The van der Waals surface area contributed by atoms with Crippen LogP contribution in [0.2, 0.25) is 0 Å². The predicted molar refractivity (Wildman–Crippen MR) is 114 cm³/mol. The van der Waals surface area contributed by atoms with Crippen LogP contribution in [0.3, 0.4) is 0 Å². The number of hydrogen-bond acceptors (Lipinski definition) is 5. The molecule has 7 nitrogen and oxygen atoms in total. The van der Waals surface area contributed by atoms with Crippen molar-refractivity contribution < 1.29 is 23.8 Å². The van der Waals surface area contributed by atoms with Gasteiger partial charge in [0, 0.05) is 26.2 Å². The van der Waals surface area contributed by atoms with E-state index < -0.39 is 6.04 Å². The van der Waals surface area contributed by atoms with Crippen molar-refractivity contribution in [2.24, 2.45) is 5.92 Å². The van der Waals surface area contributed by atoms with Crippen LogP contribution in [0.4, 0.5) is 5.69 Å². The Labute approximate surface area is 177 Å². The second kappa shape index (κ2) is 9.07. The average molecular weight is 412 g/mol. The lowest BCUT2D eigenvalue weighted by Crippen LogP contribution is -2.48. The summed E-state index contributed by atoms with van der Waals surface area (Å²) in [7, 11) is 8.21. The molecule has 160 valence electrons. The van der Waals surface area contributed by atoms with Gasteiger partial charge in [-0.1, -0.05) is 6.07 Å². The Morgan fingerprint density at radius 3 is 2.20 bits per heavy atom. The number of piperidine rings is 1. The van der Waals surface area contributed by atoms with Crippen molar-refractivity contribution in [1.29, 1.82) is 0 Å². The molecule has 0 unspecified atom stereocenters. The van der Waals surface area contributed by atoms with E-state index >= 15 is 0 Å². The van der Waals surface area contributed by atoms with Gasteiger partial charge >= 0.3 is 0 Å². The molecule has 2 aromatic rings. The molecule has 1 aliphatic rings. The maximum absolute atomic E-state index is 13.1. The lowest BCUT2D eigenvalue weighted by atomic mass is 9.82. The quantitative estimate of drug-likeness (QED) is 0.728. The molecule has 7 heteroatoms. The van der Waals surface area contributed by atoms with Crippen LogP contribution in [0.5, 0.6) is 17.2 Å². The third kappa shape index (κ3) is 4.06. The fourth-order valence-corrected chi connectivity index (χ4v) is 3.95. The highest BCUT2D eigenvalue weighted by Crippen LogP contribution is 2.43. The Morgan fingerprint density at radius 1 is 0.967 bits per heavy atom. The van der Waals surface area contributed by atoms with Crippen LogP contribution in [0.25, 0.3) is 0 Å². The Bertz CT molecular complexity index is 910. The zero-order valence-corrected chi connectivity index (χ0v) is 18.0. The third-order valence-corrected chi connectivity index (χ3v) is 5.45. The van der Waals surface area contributed by atoms with Gasteiger partial charge in [0.25, 0.3) is 0 Å². The van der Waals surface area contributed by atoms with Gasteiger partial charge in [0.2, 0.25) is 11.8 Å². The highest BCUT2D eigenvalue weighted by Gasteiger charge is 2.42. The summed E-state index contributed by atoms with van der Waals surface area (Å²) < 4.78 is 16.1. The number of anilines is 1. The van der Waals surface area contributed by atoms with E-state index in [0.29, 0.717) is 30.1 Å². The zero-order valence-electron chi connectivity index (χ0n) is 18.0. The van der Waals surface area contributed by atoms with E-state index in [1.165, 1.54) is 0 Å². The molecular formula is C23H28N2O5. The highest BCUT2D eigenvalue weighted by atomic mass is 16.5. The molecule has 1 saturated heterocycles. The molecule has 0 saturated carbocycles. The van der Waals surface area contributed by atoms with Crippen molar-refractivity contribution in [2.75, 3.05) is 40.3 Å². The molecule has 1 fully saturated rings. The first-order chi connectivity index (χ1) is 14.4. The summed E-state index contributed by atoms with van der Waals surface area (Å²) in [6, 6.07) is 12.4. The summed E-state index contributed by atoms with van der Waals surface area (Å²) in [5, 5.41) is 0. The predicted octanol–water partition coefficient (Wildman–Crippen LogP) is 3.28. The molecule has 0 spiro atoms. The number of amides is 2. The van der Waals surface area contributed by atoms with Crippen LogP contribution >= 0.6 is 0 Å². The van der Waals surface area contributed by atoms with E-state index in [2.05, 4.69) is 0 Å². The van der Waals surface area contributed by atoms with Crippen molar-refractivity contribution in [3.05, 3.63) is 48.0 Å². The molecule has 2 amide bonds. The second-order valence-corrected chi connectivity index (χ2v) is 7.40. The molecule has 0 radical (unpaired) electrons. The van der Waals surface area contributed by atoms with Gasteiger partial charge in [-0.25, -0.2) is 0 Å². The molecule has 2 aromatic carbocycles. The highest BCUT2D eigenvalue weighted by molar-refractivity contribution is 5.97. The standard InChI is InChI=1S/C23H28N2O5/c1-24(2)23(27)18-11-13-21(26)25(16-7-9-17(28-3)10-8-16)22(18)15-6-12-19(29-4)20(14-15)30-5/h6-10,12,14,18,22H,11,13H2,1-5H3/t18-,22-/m1/s1. The van der Waals surface area contributed by atoms with Gasteiger partial charge < -0.3 is 24.0 Å². The third-order valence-electron chi connectivity index (χ3n) is 5.45. The summed E-state index contributed by atoms with van der Waals surface area (Å²) in [5.41, 5.74) is 1.54. The zero-order chi connectivity index (χ0) is 21.8. The van der Waals surface area contributed by atoms with Crippen molar-refractivity contribution in [3.8, 4) is 17.2 Å². The average Bonchev–Trinajstić information content (AvgIpc) is 2.77. The van der Waals surface area contributed by atoms with Gasteiger partial charge in [-0.15, -0.1) is 0 Å². The molecule has 0 aromatic heterocycles. The monoisotopic (exact) mass is 412 g/mol. The number of hydrogen-bond donors (Lipinski definition) is 0. The molecule has 0 aliphatic carbocycles. The van der Waals surface area contributed by atoms with Crippen LogP contribution in [-0.4, -0.2) is 52.1 Å². The molecule has 1 heterocycles. The minimum Gasteiger partial charge on any atom is -0.497 e. The topological polar surface area (TPSA) is 68.3 Å². The first-order valence-electron chi connectivity index (χ1n) is 9.80. The number of ether oxygens (including phenoxy) is 3. The summed E-state index contributed by atoms with van der Waals surface area (Å²) in [6.07, 6.45) is 0.793. The van der Waals surface area contributed by atoms with Crippen LogP contribution in [-0.2, 0) is 9.59 Å². The van der Waals surface area contributed by atoms with Crippen molar-refractivity contribution in [3.63, 3.8) is 0 Å². The van der Waals surface area contributed by atoms with Gasteiger partial charge in [-0.2, -0.15) is 0 Å². The minimum atomic E-state index is -0.464. The number of carbonyl (C=O) groups is 2. The molecular weight excluding hydrogens is 384 g/mol. The Kier molecular flexibility index (Phi) is 6.50. The SMILES string of the molecule is COc1ccc(N2C(=O)CC[C@@H](C(=O)N(C)C)[C@H]2c2ccc(OC)c(OC)c2)cc1. The minimum absolute atomic E-state index is 0.0132. The van der Waals surface area contributed by atoms with Crippen molar-refractivity contribution >= 4 is 17.5 Å². The van der Waals surface area contributed by atoms with Gasteiger partial charge in [0.1, 0.15) is 5.75 Å². The van der Waals surface area contributed by atoms with Crippen LogP contribution in [0.1, 0.15) is 24.4 Å². The molecule has 0 bridgehead atoms. The lowest BCUT2D eigenvalue weighted by molar-refractivity contribution is -0.136. The lowest BCUT2D eigenvalue weighted by Gasteiger charge is -2.41. The first-order valence-corrected chi connectivity index (χ1v) is 9.80. The number of carbonyl (C=O) groups excluding carboxylic acids is 2. The largest absolute Gasteiger partial charge is 0.497 e. The number of nitrogens with zero attached hydrogens (tertiary/aromatic N) is 2. The maximum atomic E-state index is 13.1. The fourth-order valence-electron chi connectivity index (χ4n) is 3.95. The number of methoxy groups -OCH3 is 3. The summed E-state index contributed by atoms with van der Waals surface area (Å²) in [6.45, 7) is 0. The van der Waals surface area contributed by atoms with E-state index in [1.807, 2.05) is 36.4 Å². The van der Waals surface area contributed by atoms with E-state index in [1.54, 1.807) is 51.3 Å². The van der Waals surface area contributed by atoms with Gasteiger partial charge in [0.15, 0.2) is 11.5 Å². The number of rotatable bonds is 6. The van der Waals surface area contributed by atoms with E-state index in [9.17, 15) is 9.59 Å². The number of benzene rings is 2. The van der Waals surface area contributed by atoms with Gasteiger partial charge in [-0.05, 0) is 48.4 Å². The van der Waals surface area contributed by atoms with Gasteiger partial charge in [-0.3, -0.25) is 9.59 Å². The molecule has 2 atom stereocenters. The van der Waals surface area contributed by atoms with Crippen LogP contribution in [0.15, 0.2) is 42.5 Å². The smallest absolute Gasteiger partial charge is 0.227 e. The maximum Gasteiger partial charge on any atom is 0.227 e. The van der Waals surface area contributed by atoms with Gasteiger partial charge in [0.05, 0.1) is 33.3 Å². The van der Waals surface area contributed by atoms with E-state index in [-0.39, 0.29) is 17.7 Å². The summed E-state index contributed by atoms with van der Waals surface area (Å²) in [4.78, 5) is 29.4. The van der Waals surface area contributed by atoms with E-state index in [0.717, 1.165) is 11.3 Å². The Hall–Kier alpha value is -3.22. The molecule has 1 aliphatic heterocycles. The van der Waals surface area contributed by atoms with Crippen molar-refractivity contribution in [2.45, 2.75) is 18.9 Å². The molecule has 0 N–H and O–H groups in total. The van der Waals surface area contributed by atoms with Crippen LogP contribution < -0.4 is 19.1 Å². The fraction of sp³-hybridized carbons (Fsp3) is 0.391. The molecule has 30 heavy (non-hydrogen) atoms. The molecule has 3 rings (SSSR count). The first kappa shape index (κ1) is 21.5.